The molecule has 0 fully saturated rings. The third-order valence-electron chi connectivity index (χ3n) is 1.70. The van der Waals surface area contributed by atoms with Gasteiger partial charge in [0, 0.05) is 0 Å². The zero-order chi connectivity index (χ0) is 9.40. The van der Waals surface area contributed by atoms with Crippen molar-refractivity contribution in [3.8, 4) is 0 Å². The number of allylic oxidation sites excluding steroid dienone is 1. The summed E-state index contributed by atoms with van der Waals surface area (Å²) in [6.45, 7) is 6.54. The highest BCUT2D eigenvalue weighted by atomic mass is 16.5. The van der Waals surface area contributed by atoms with Crippen molar-refractivity contribution in [3.63, 3.8) is 0 Å². The van der Waals surface area contributed by atoms with Crippen LogP contribution in [0.2, 0.25) is 0 Å². The molecule has 0 bridgehead atoms. The van der Waals surface area contributed by atoms with Gasteiger partial charge in [0.05, 0.1) is 13.0 Å². The van der Waals surface area contributed by atoms with Crippen molar-refractivity contribution in [2.45, 2.75) is 33.6 Å². The van der Waals surface area contributed by atoms with E-state index in [-0.39, 0.29) is 5.97 Å². The Morgan fingerprint density at radius 3 is 2.67 bits per heavy atom. The normalized spacial score (nSPS) is 13.2. The first-order chi connectivity index (χ1) is 5.70. The van der Waals surface area contributed by atoms with Crippen LogP contribution < -0.4 is 0 Å². The average Bonchev–Trinajstić information content (AvgIpc) is 2.04. The van der Waals surface area contributed by atoms with Gasteiger partial charge >= 0.3 is 5.97 Å². The highest BCUT2D eigenvalue weighted by Gasteiger charge is 1.97. The predicted molar refractivity (Wildman–Crippen MR) is 49.8 cm³/mol. The Kier molecular flexibility index (Phi) is 6.44. The molecule has 0 saturated heterocycles. The van der Waals surface area contributed by atoms with Crippen LogP contribution in [0, 0.1) is 5.92 Å². The van der Waals surface area contributed by atoms with E-state index < -0.39 is 0 Å². The average molecular weight is 170 g/mol. The molecular weight excluding hydrogens is 152 g/mol. The number of ether oxygens (including phenoxy) is 1. The van der Waals surface area contributed by atoms with Gasteiger partial charge in [0.15, 0.2) is 0 Å². The van der Waals surface area contributed by atoms with Gasteiger partial charge in [-0.1, -0.05) is 32.4 Å². The summed E-state index contributed by atoms with van der Waals surface area (Å²) in [6.07, 6.45) is 5.45. The van der Waals surface area contributed by atoms with E-state index in [1.54, 1.807) is 0 Å². The Morgan fingerprint density at radius 1 is 1.50 bits per heavy atom. The number of hydrogen-bond acceptors (Lipinski definition) is 2. The van der Waals surface area contributed by atoms with Crippen LogP contribution in [0.25, 0.3) is 0 Å². The summed E-state index contributed by atoms with van der Waals surface area (Å²) in [5.74, 6) is 0.413. The zero-order valence-electron chi connectivity index (χ0n) is 8.17. The lowest BCUT2D eigenvalue weighted by Gasteiger charge is -1.99. The molecule has 0 N–H and O–H groups in total. The van der Waals surface area contributed by atoms with Gasteiger partial charge < -0.3 is 4.74 Å². The van der Waals surface area contributed by atoms with E-state index in [4.69, 9.17) is 4.74 Å². The van der Waals surface area contributed by atoms with Crippen molar-refractivity contribution in [1.82, 2.24) is 0 Å². The lowest BCUT2D eigenvalue weighted by atomic mass is 10.1. The van der Waals surface area contributed by atoms with Crippen molar-refractivity contribution in [1.29, 1.82) is 0 Å². The molecule has 0 amide bonds. The van der Waals surface area contributed by atoms with Gasteiger partial charge in [0.2, 0.25) is 0 Å². The summed E-state index contributed by atoms with van der Waals surface area (Å²) in [7, 11) is 0. The van der Waals surface area contributed by atoms with Crippen molar-refractivity contribution in [2.24, 2.45) is 5.92 Å². The van der Waals surface area contributed by atoms with E-state index in [0.717, 1.165) is 6.42 Å². The fraction of sp³-hybridized carbons (Fsp3) is 0.700. The zero-order valence-corrected chi connectivity index (χ0v) is 8.17. The van der Waals surface area contributed by atoms with Crippen molar-refractivity contribution in [3.05, 3.63) is 12.2 Å². The molecule has 0 rings (SSSR count). The Morgan fingerprint density at radius 2 is 2.17 bits per heavy atom. The fourth-order valence-corrected chi connectivity index (χ4v) is 0.753. The summed E-state index contributed by atoms with van der Waals surface area (Å²) in [4.78, 5) is 10.8. The third-order valence-corrected chi connectivity index (χ3v) is 1.70. The molecule has 0 radical (unpaired) electrons. The molecule has 0 spiro atoms. The molecule has 0 aliphatic rings. The summed E-state index contributed by atoms with van der Waals surface area (Å²) in [6, 6.07) is 0. The first-order valence-corrected chi connectivity index (χ1v) is 4.53. The van der Waals surface area contributed by atoms with Gasteiger partial charge in [-0.2, -0.15) is 0 Å². The molecule has 0 heterocycles. The van der Waals surface area contributed by atoms with E-state index in [0.29, 0.717) is 18.9 Å². The lowest BCUT2D eigenvalue weighted by molar-refractivity contribution is -0.142. The van der Waals surface area contributed by atoms with Crippen LogP contribution in [0.1, 0.15) is 33.6 Å². The maximum atomic E-state index is 10.8. The Balaban J connectivity index is 3.52. The number of carbonyl (C=O) groups excluding carboxylic acids is 1. The molecule has 70 valence electrons. The van der Waals surface area contributed by atoms with Gasteiger partial charge in [-0.3, -0.25) is 4.79 Å². The maximum Gasteiger partial charge on any atom is 0.309 e. The standard InChI is InChI=1S/C10H18O2/c1-4-9(3)7-6-8-10(11)12-5-2/h6-7,9H,4-5,8H2,1-3H3. The smallest absolute Gasteiger partial charge is 0.309 e. The summed E-state index contributed by atoms with van der Waals surface area (Å²) < 4.78 is 4.77. The van der Waals surface area contributed by atoms with E-state index in [2.05, 4.69) is 19.9 Å². The van der Waals surface area contributed by atoms with Gasteiger partial charge in [0.1, 0.15) is 0 Å². The van der Waals surface area contributed by atoms with Crippen LogP contribution in [0.3, 0.4) is 0 Å². The largest absolute Gasteiger partial charge is 0.466 e. The van der Waals surface area contributed by atoms with Crippen LogP contribution in [0.5, 0.6) is 0 Å². The van der Waals surface area contributed by atoms with E-state index >= 15 is 0 Å². The molecule has 2 nitrogen and oxygen atoms in total. The van der Waals surface area contributed by atoms with Gasteiger partial charge in [-0.15, -0.1) is 0 Å². The third kappa shape index (κ3) is 5.96. The van der Waals surface area contributed by atoms with Crippen LogP contribution >= 0.6 is 0 Å². The second kappa shape index (κ2) is 6.89. The van der Waals surface area contributed by atoms with Crippen LogP contribution in [0.15, 0.2) is 12.2 Å². The molecule has 0 aromatic heterocycles. The monoisotopic (exact) mass is 170 g/mol. The van der Waals surface area contributed by atoms with Crippen molar-refractivity contribution < 1.29 is 9.53 Å². The molecule has 0 aromatic rings. The summed E-state index contributed by atoms with van der Waals surface area (Å²) >= 11 is 0. The first-order valence-electron chi connectivity index (χ1n) is 4.53. The van der Waals surface area contributed by atoms with Gasteiger partial charge in [-0.05, 0) is 12.8 Å². The van der Waals surface area contributed by atoms with Crippen LogP contribution in [-0.2, 0) is 9.53 Å². The molecule has 0 aliphatic carbocycles. The Labute approximate surface area is 74.6 Å². The molecule has 2 heteroatoms. The second-order valence-electron chi connectivity index (χ2n) is 2.82. The number of esters is 1. The lowest BCUT2D eigenvalue weighted by Crippen LogP contribution is -2.01. The van der Waals surface area contributed by atoms with Crippen molar-refractivity contribution >= 4 is 5.97 Å². The SMILES string of the molecule is CCOC(=O)CC=CC(C)CC. The first kappa shape index (κ1) is 11.2. The predicted octanol–water partition coefficient (Wildman–Crippen LogP) is 2.54. The molecule has 0 aromatic carbocycles. The minimum absolute atomic E-state index is 0.142. The van der Waals surface area contributed by atoms with E-state index in [1.165, 1.54) is 0 Å². The Hall–Kier alpha value is -0.790. The molecule has 1 unspecified atom stereocenters. The van der Waals surface area contributed by atoms with E-state index in [9.17, 15) is 4.79 Å². The fourth-order valence-electron chi connectivity index (χ4n) is 0.753. The molecule has 12 heavy (non-hydrogen) atoms. The van der Waals surface area contributed by atoms with Crippen molar-refractivity contribution in [2.75, 3.05) is 6.61 Å². The highest BCUT2D eigenvalue weighted by molar-refractivity contribution is 5.71. The minimum atomic E-state index is -0.142. The van der Waals surface area contributed by atoms with Gasteiger partial charge in [0.25, 0.3) is 0 Å². The topological polar surface area (TPSA) is 26.3 Å². The van der Waals surface area contributed by atoms with Crippen LogP contribution in [-0.4, -0.2) is 12.6 Å². The molecule has 1 atom stereocenters. The van der Waals surface area contributed by atoms with Crippen LogP contribution in [0.4, 0.5) is 0 Å². The van der Waals surface area contributed by atoms with Gasteiger partial charge in [-0.25, -0.2) is 0 Å². The quantitative estimate of drug-likeness (QED) is 0.468. The summed E-state index contributed by atoms with van der Waals surface area (Å²) in [5, 5.41) is 0. The summed E-state index contributed by atoms with van der Waals surface area (Å²) in [5.41, 5.74) is 0. The Bertz CT molecular complexity index is 150. The number of carbonyl (C=O) groups is 1. The maximum absolute atomic E-state index is 10.8. The molecular formula is C10H18O2. The highest BCUT2D eigenvalue weighted by Crippen LogP contribution is 2.02. The minimum Gasteiger partial charge on any atom is -0.466 e. The van der Waals surface area contributed by atoms with E-state index in [1.807, 2.05) is 13.0 Å². The number of rotatable bonds is 5. The second-order valence-corrected chi connectivity index (χ2v) is 2.82. The number of hydrogen-bond donors (Lipinski definition) is 0. The molecule has 0 saturated carbocycles. The molecule has 0 aliphatic heterocycles.